The van der Waals surface area contributed by atoms with Crippen LogP contribution in [0, 0.1) is 4.77 Å². The van der Waals surface area contributed by atoms with Gasteiger partial charge in [0.1, 0.15) is 5.01 Å². The average Bonchev–Trinajstić information content (AvgIpc) is 3.01. The number of aromatic nitrogens is 4. The van der Waals surface area contributed by atoms with Crippen LogP contribution >= 0.6 is 34.9 Å². The van der Waals surface area contributed by atoms with E-state index in [0.717, 1.165) is 15.7 Å². The number of aromatic amines is 1. The maximum absolute atomic E-state index is 5.09. The van der Waals surface area contributed by atoms with Gasteiger partial charge in [-0.3, -0.25) is 5.10 Å². The molecule has 0 unspecified atom stereocenters. The van der Waals surface area contributed by atoms with E-state index in [2.05, 4.69) is 21.2 Å². The second-order valence-corrected chi connectivity index (χ2v) is 5.78. The van der Waals surface area contributed by atoms with Crippen molar-refractivity contribution in [3.8, 4) is 20.6 Å². The lowest BCUT2D eigenvalue weighted by Crippen LogP contribution is -1.89. The summed E-state index contributed by atoms with van der Waals surface area (Å²) in [7, 11) is 1.89. The fourth-order valence-corrected chi connectivity index (χ4v) is 3.34. The first-order valence-electron chi connectivity index (χ1n) is 4.87. The van der Waals surface area contributed by atoms with Crippen LogP contribution in [0.2, 0.25) is 0 Å². The van der Waals surface area contributed by atoms with E-state index in [0.29, 0.717) is 4.77 Å². The summed E-state index contributed by atoms with van der Waals surface area (Å²) in [5.74, 6) is 0.829. The van der Waals surface area contributed by atoms with E-state index in [4.69, 9.17) is 12.2 Å². The van der Waals surface area contributed by atoms with E-state index in [1.165, 1.54) is 4.88 Å². The van der Waals surface area contributed by atoms with Crippen molar-refractivity contribution in [3.05, 3.63) is 28.5 Å². The summed E-state index contributed by atoms with van der Waals surface area (Å²) < 4.78 is 2.46. The molecule has 0 radical (unpaired) electrons. The fraction of sp³-hybridized carbons (Fsp3) is 0.100. The van der Waals surface area contributed by atoms with Crippen molar-refractivity contribution in [2.75, 3.05) is 0 Å². The molecule has 0 aliphatic heterocycles. The molecular formula is C10H8N4S3. The van der Waals surface area contributed by atoms with E-state index >= 15 is 0 Å². The molecule has 3 aromatic rings. The minimum Gasteiger partial charge on any atom is -0.303 e. The highest BCUT2D eigenvalue weighted by molar-refractivity contribution is 7.71. The Morgan fingerprint density at radius 1 is 1.41 bits per heavy atom. The molecule has 4 nitrogen and oxygen atoms in total. The number of nitrogens with one attached hydrogen (secondary N) is 1. The van der Waals surface area contributed by atoms with E-state index in [9.17, 15) is 0 Å². The Labute approximate surface area is 111 Å². The molecule has 17 heavy (non-hydrogen) atoms. The van der Waals surface area contributed by atoms with Gasteiger partial charge in [-0.1, -0.05) is 6.07 Å². The smallest absolute Gasteiger partial charge is 0.195 e. The monoisotopic (exact) mass is 280 g/mol. The summed E-state index contributed by atoms with van der Waals surface area (Å²) in [5, 5.41) is 10.0. The number of nitrogens with zero attached hydrogens (tertiary/aromatic N) is 3. The third-order valence-electron chi connectivity index (χ3n) is 2.34. The van der Waals surface area contributed by atoms with E-state index in [-0.39, 0.29) is 0 Å². The Morgan fingerprint density at radius 3 is 2.94 bits per heavy atom. The van der Waals surface area contributed by atoms with Crippen LogP contribution in [0.1, 0.15) is 0 Å². The summed E-state index contributed by atoms with van der Waals surface area (Å²) in [6, 6.07) is 4.09. The highest BCUT2D eigenvalue weighted by Gasteiger charge is 2.11. The van der Waals surface area contributed by atoms with Gasteiger partial charge >= 0.3 is 0 Å². The molecule has 0 aliphatic rings. The molecule has 0 bridgehead atoms. The molecule has 3 rings (SSSR count). The molecule has 86 valence electrons. The zero-order chi connectivity index (χ0) is 11.8. The van der Waals surface area contributed by atoms with Gasteiger partial charge in [0.25, 0.3) is 0 Å². The first kappa shape index (κ1) is 10.8. The lowest BCUT2D eigenvalue weighted by atomic mass is 10.5. The van der Waals surface area contributed by atoms with Crippen LogP contribution in [-0.2, 0) is 7.05 Å². The first-order chi connectivity index (χ1) is 8.25. The lowest BCUT2D eigenvalue weighted by molar-refractivity contribution is 0.903. The molecule has 0 atom stereocenters. The van der Waals surface area contributed by atoms with Crippen LogP contribution in [0.25, 0.3) is 20.6 Å². The van der Waals surface area contributed by atoms with Crippen LogP contribution in [0.4, 0.5) is 0 Å². The minimum absolute atomic E-state index is 0.617. The predicted octanol–water partition coefficient (Wildman–Crippen LogP) is 3.33. The lowest BCUT2D eigenvalue weighted by Gasteiger charge is -1.93. The number of H-pyrrole nitrogens is 1. The molecule has 0 spiro atoms. The van der Waals surface area contributed by atoms with Gasteiger partial charge in [0.05, 0.1) is 9.75 Å². The molecule has 0 aromatic carbocycles. The molecule has 0 saturated carbocycles. The van der Waals surface area contributed by atoms with Gasteiger partial charge in [0, 0.05) is 13.2 Å². The highest BCUT2D eigenvalue weighted by atomic mass is 32.1. The topological polar surface area (TPSA) is 46.5 Å². The van der Waals surface area contributed by atoms with Gasteiger partial charge < -0.3 is 4.57 Å². The second kappa shape index (κ2) is 4.17. The van der Waals surface area contributed by atoms with Crippen molar-refractivity contribution in [1.29, 1.82) is 0 Å². The summed E-state index contributed by atoms with van der Waals surface area (Å²) in [4.78, 5) is 6.61. The third kappa shape index (κ3) is 1.86. The van der Waals surface area contributed by atoms with Crippen molar-refractivity contribution >= 4 is 34.9 Å². The van der Waals surface area contributed by atoms with Crippen LogP contribution in [0.15, 0.2) is 23.7 Å². The molecular weight excluding hydrogens is 272 g/mol. The van der Waals surface area contributed by atoms with Crippen LogP contribution in [0.3, 0.4) is 0 Å². The maximum atomic E-state index is 5.09. The van der Waals surface area contributed by atoms with E-state index in [1.807, 2.05) is 29.3 Å². The highest BCUT2D eigenvalue weighted by Crippen LogP contribution is 2.32. The van der Waals surface area contributed by atoms with Gasteiger partial charge in [0.15, 0.2) is 10.6 Å². The molecule has 0 aliphatic carbocycles. The number of thiazole rings is 1. The molecule has 7 heteroatoms. The quantitative estimate of drug-likeness (QED) is 0.732. The largest absolute Gasteiger partial charge is 0.303 e. The van der Waals surface area contributed by atoms with Crippen molar-refractivity contribution in [3.63, 3.8) is 0 Å². The van der Waals surface area contributed by atoms with Gasteiger partial charge in [-0.15, -0.1) is 22.7 Å². The van der Waals surface area contributed by atoms with Gasteiger partial charge in [-0.25, -0.2) is 4.98 Å². The number of thiophene rings is 1. The standard InChI is InChI=1S/C10H8N4S3/c1-14-8(12-13-10(14)15)7-5-11-9(17-7)6-3-2-4-16-6/h2-5H,1H3,(H,13,15). The summed E-state index contributed by atoms with van der Waals surface area (Å²) in [5.41, 5.74) is 0. The molecule has 0 fully saturated rings. The first-order valence-corrected chi connectivity index (χ1v) is 6.97. The Balaban J connectivity index is 2.06. The molecule has 0 saturated heterocycles. The molecule has 3 heterocycles. The van der Waals surface area contributed by atoms with Gasteiger partial charge in [-0.2, -0.15) is 5.10 Å². The minimum atomic E-state index is 0.617. The summed E-state index contributed by atoms with van der Waals surface area (Å²) >= 11 is 8.40. The third-order valence-corrected chi connectivity index (χ3v) is 4.74. The number of hydrogen-bond donors (Lipinski definition) is 1. The van der Waals surface area contributed by atoms with Crippen molar-refractivity contribution in [2.24, 2.45) is 7.05 Å². The number of hydrogen-bond acceptors (Lipinski definition) is 5. The van der Waals surface area contributed by atoms with Crippen molar-refractivity contribution in [2.45, 2.75) is 0 Å². The van der Waals surface area contributed by atoms with Crippen molar-refractivity contribution < 1.29 is 0 Å². The zero-order valence-electron chi connectivity index (χ0n) is 8.88. The normalized spacial score (nSPS) is 10.9. The summed E-state index contributed by atoms with van der Waals surface area (Å²) in [6.45, 7) is 0. The van der Waals surface area contributed by atoms with Crippen LogP contribution < -0.4 is 0 Å². The maximum Gasteiger partial charge on any atom is 0.195 e. The molecule has 0 amide bonds. The Hall–Kier alpha value is -1.31. The van der Waals surface area contributed by atoms with Gasteiger partial charge in [-0.05, 0) is 23.7 Å². The zero-order valence-corrected chi connectivity index (χ0v) is 11.3. The summed E-state index contributed by atoms with van der Waals surface area (Å²) in [6.07, 6.45) is 1.84. The van der Waals surface area contributed by atoms with E-state index in [1.54, 1.807) is 22.7 Å². The van der Waals surface area contributed by atoms with E-state index < -0.39 is 0 Å². The molecule has 3 aromatic heterocycles. The average molecular weight is 280 g/mol. The van der Waals surface area contributed by atoms with Crippen LogP contribution in [-0.4, -0.2) is 19.7 Å². The Morgan fingerprint density at radius 2 is 2.29 bits per heavy atom. The Kier molecular flexibility index (Phi) is 2.65. The fourth-order valence-electron chi connectivity index (χ4n) is 1.46. The van der Waals surface area contributed by atoms with Gasteiger partial charge in [0.2, 0.25) is 0 Å². The Bertz CT molecular complexity index is 689. The SMILES string of the molecule is Cn1c(-c2cnc(-c3cccs3)s2)n[nH]c1=S. The molecule has 1 N–H and O–H groups in total. The number of rotatable bonds is 2. The van der Waals surface area contributed by atoms with Crippen molar-refractivity contribution in [1.82, 2.24) is 19.7 Å². The predicted molar refractivity (Wildman–Crippen MR) is 72.8 cm³/mol. The van der Waals surface area contributed by atoms with Crippen LogP contribution in [0.5, 0.6) is 0 Å². The second-order valence-electron chi connectivity index (χ2n) is 3.42.